The van der Waals surface area contributed by atoms with Crippen LogP contribution in [0.4, 0.5) is 19.1 Å². The van der Waals surface area contributed by atoms with Crippen molar-refractivity contribution >= 4 is 5.95 Å². The van der Waals surface area contributed by atoms with Crippen molar-refractivity contribution in [3.8, 4) is 0 Å². The molecule has 2 rings (SSSR count). The summed E-state index contributed by atoms with van der Waals surface area (Å²) < 4.78 is 38.0. The SMILES string of the molecule is Cc1cc(C)nc(N2CCN(C(C)C(F)(F)F)CC2)n1. The standard InChI is InChI=1S/C13H19F3N4/c1-9-8-10(2)18-12(17-9)20-6-4-19(5-7-20)11(3)13(14,15)16/h8,11H,4-7H2,1-3H3. The minimum absolute atomic E-state index is 0.372. The first-order valence-corrected chi connectivity index (χ1v) is 6.65. The minimum Gasteiger partial charge on any atom is -0.338 e. The van der Waals surface area contributed by atoms with Gasteiger partial charge in [-0.2, -0.15) is 13.2 Å². The molecular weight excluding hydrogens is 269 g/mol. The van der Waals surface area contributed by atoms with Crippen LogP contribution in [0.25, 0.3) is 0 Å². The molecule has 1 aromatic rings. The van der Waals surface area contributed by atoms with E-state index >= 15 is 0 Å². The van der Waals surface area contributed by atoms with E-state index in [1.165, 1.54) is 11.8 Å². The molecule has 0 radical (unpaired) electrons. The molecule has 0 aliphatic carbocycles. The molecule has 20 heavy (non-hydrogen) atoms. The zero-order chi connectivity index (χ0) is 14.9. The molecule has 1 fully saturated rings. The molecule has 0 N–H and O–H groups in total. The van der Waals surface area contributed by atoms with Crippen molar-refractivity contribution in [2.24, 2.45) is 0 Å². The lowest BCUT2D eigenvalue weighted by Crippen LogP contribution is -2.54. The fourth-order valence-corrected chi connectivity index (χ4v) is 2.36. The normalized spacial score (nSPS) is 19.2. The summed E-state index contributed by atoms with van der Waals surface area (Å²) in [5, 5.41) is 0. The number of piperazine rings is 1. The second kappa shape index (κ2) is 5.55. The molecule has 1 aliphatic rings. The third-order valence-electron chi connectivity index (χ3n) is 3.59. The maximum atomic E-state index is 12.7. The van der Waals surface area contributed by atoms with Crippen LogP contribution in [-0.2, 0) is 0 Å². The molecule has 0 bridgehead atoms. The Morgan fingerprint density at radius 3 is 2.00 bits per heavy atom. The van der Waals surface area contributed by atoms with Gasteiger partial charge in [-0.05, 0) is 26.8 Å². The van der Waals surface area contributed by atoms with Crippen LogP contribution < -0.4 is 4.90 Å². The van der Waals surface area contributed by atoms with Gasteiger partial charge in [-0.3, -0.25) is 4.90 Å². The Hall–Kier alpha value is -1.37. The monoisotopic (exact) mass is 288 g/mol. The van der Waals surface area contributed by atoms with Crippen LogP contribution in [0.3, 0.4) is 0 Å². The van der Waals surface area contributed by atoms with E-state index in [9.17, 15) is 13.2 Å². The lowest BCUT2D eigenvalue weighted by Gasteiger charge is -2.38. The Balaban J connectivity index is 2.01. The summed E-state index contributed by atoms with van der Waals surface area (Å²) in [6, 6.07) is 0.482. The number of rotatable bonds is 2. The van der Waals surface area contributed by atoms with Crippen molar-refractivity contribution < 1.29 is 13.2 Å². The number of aryl methyl sites for hydroxylation is 2. The van der Waals surface area contributed by atoms with Crippen molar-refractivity contribution in [2.75, 3.05) is 31.1 Å². The summed E-state index contributed by atoms with van der Waals surface area (Å²) in [7, 11) is 0. The predicted octanol–water partition coefficient (Wildman–Crippen LogP) is 2.17. The Morgan fingerprint density at radius 1 is 1.05 bits per heavy atom. The molecule has 112 valence electrons. The Morgan fingerprint density at radius 2 is 1.55 bits per heavy atom. The van der Waals surface area contributed by atoms with Crippen LogP contribution in [0.15, 0.2) is 6.07 Å². The average molecular weight is 288 g/mol. The van der Waals surface area contributed by atoms with Crippen molar-refractivity contribution in [3.05, 3.63) is 17.5 Å². The van der Waals surface area contributed by atoms with Gasteiger partial charge in [0.05, 0.1) is 0 Å². The molecule has 1 saturated heterocycles. The Labute approximate surface area is 116 Å². The lowest BCUT2D eigenvalue weighted by molar-refractivity contribution is -0.179. The lowest BCUT2D eigenvalue weighted by atomic mass is 10.2. The summed E-state index contributed by atoms with van der Waals surface area (Å²) in [4.78, 5) is 12.1. The number of hydrogen-bond donors (Lipinski definition) is 0. The number of hydrogen-bond acceptors (Lipinski definition) is 4. The van der Waals surface area contributed by atoms with Crippen molar-refractivity contribution in [1.29, 1.82) is 0 Å². The zero-order valence-corrected chi connectivity index (χ0v) is 11.9. The molecule has 1 unspecified atom stereocenters. The summed E-state index contributed by atoms with van der Waals surface area (Å²) in [6.07, 6.45) is -4.17. The highest BCUT2D eigenvalue weighted by atomic mass is 19.4. The van der Waals surface area contributed by atoms with Crippen LogP contribution in [-0.4, -0.2) is 53.3 Å². The number of halogens is 3. The molecule has 1 atom stereocenters. The highest BCUT2D eigenvalue weighted by Gasteiger charge is 2.40. The molecule has 0 spiro atoms. The fourth-order valence-electron chi connectivity index (χ4n) is 2.36. The summed E-state index contributed by atoms with van der Waals surface area (Å²) in [6.45, 7) is 6.77. The van der Waals surface area contributed by atoms with Gasteiger partial charge < -0.3 is 4.90 Å². The molecule has 0 amide bonds. The molecular formula is C13H19F3N4. The summed E-state index contributed by atoms with van der Waals surface area (Å²) >= 11 is 0. The molecule has 2 heterocycles. The fraction of sp³-hybridized carbons (Fsp3) is 0.692. The molecule has 4 nitrogen and oxygen atoms in total. The molecule has 0 aromatic carbocycles. The first-order valence-electron chi connectivity index (χ1n) is 6.65. The van der Waals surface area contributed by atoms with Gasteiger partial charge in [0.15, 0.2) is 0 Å². The first kappa shape index (κ1) is 15.0. The van der Waals surface area contributed by atoms with Crippen LogP contribution >= 0.6 is 0 Å². The maximum Gasteiger partial charge on any atom is 0.403 e. The van der Waals surface area contributed by atoms with Crippen LogP contribution in [0.1, 0.15) is 18.3 Å². The predicted molar refractivity (Wildman–Crippen MR) is 70.8 cm³/mol. The third-order valence-corrected chi connectivity index (χ3v) is 3.59. The van der Waals surface area contributed by atoms with E-state index in [0.29, 0.717) is 32.1 Å². The number of nitrogens with zero attached hydrogens (tertiary/aromatic N) is 4. The summed E-state index contributed by atoms with van der Waals surface area (Å²) in [5.74, 6) is 0.613. The highest BCUT2D eigenvalue weighted by molar-refractivity contribution is 5.32. The Kier molecular flexibility index (Phi) is 4.17. The topological polar surface area (TPSA) is 32.3 Å². The van der Waals surface area contributed by atoms with E-state index in [2.05, 4.69) is 9.97 Å². The largest absolute Gasteiger partial charge is 0.403 e. The average Bonchev–Trinajstić information content (AvgIpc) is 2.36. The molecule has 0 saturated carbocycles. The smallest absolute Gasteiger partial charge is 0.338 e. The second-order valence-corrected chi connectivity index (χ2v) is 5.19. The van der Waals surface area contributed by atoms with Gasteiger partial charge in [-0.15, -0.1) is 0 Å². The van der Waals surface area contributed by atoms with Crippen LogP contribution in [0, 0.1) is 13.8 Å². The van der Waals surface area contributed by atoms with Crippen molar-refractivity contribution in [3.63, 3.8) is 0 Å². The van der Waals surface area contributed by atoms with Crippen LogP contribution in [0.5, 0.6) is 0 Å². The minimum atomic E-state index is -4.17. The van der Waals surface area contributed by atoms with E-state index in [1.54, 1.807) is 0 Å². The second-order valence-electron chi connectivity index (χ2n) is 5.19. The Bertz CT molecular complexity index is 447. The first-order chi connectivity index (χ1) is 9.27. The maximum absolute atomic E-state index is 12.7. The highest BCUT2D eigenvalue weighted by Crippen LogP contribution is 2.25. The quantitative estimate of drug-likeness (QED) is 0.835. The van der Waals surface area contributed by atoms with Gasteiger partial charge in [0.1, 0.15) is 6.04 Å². The van der Waals surface area contributed by atoms with Crippen LogP contribution in [0.2, 0.25) is 0 Å². The zero-order valence-electron chi connectivity index (χ0n) is 11.9. The van der Waals surface area contributed by atoms with Gasteiger partial charge in [-0.25, -0.2) is 9.97 Å². The third kappa shape index (κ3) is 3.39. The molecule has 1 aromatic heterocycles. The van der Waals surface area contributed by atoms with Gasteiger partial charge in [0.25, 0.3) is 0 Å². The van der Waals surface area contributed by atoms with E-state index in [-0.39, 0.29) is 0 Å². The van der Waals surface area contributed by atoms with Gasteiger partial charge in [0, 0.05) is 37.6 Å². The van der Waals surface area contributed by atoms with Gasteiger partial charge in [0.2, 0.25) is 5.95 Å². The van der Waals surface area contributed by atoms with Crippen molar-refractivity contribution in [2.45, 2.75) is 33.0 Å². The van der Waals surface area contributed by atoms with E-state index in [4.69, 9.17) is 0 Å². The number of alkyl halides is 3. The molecule has 1 aliphatic heterocycles. The van der Waals surface area contributed by atoms with E-state index in [1.807, 2.05) is 24.8 Å². The van der Waals surface area contributed by atoms with E-state index < -0.39 is 12.2 Å². The van der Waals surface area contributed by atoms with Gasteiger partial charge in [-0.1, -0.05) is 0 Å². The van der Waals surface area contributed by atoms with Crippen molar-refractivity contribution in [1.82, 2.24) is 14.9 Å². The number of aromatic nitrogens is 2. The van der Waals surface area contributed by atoms with Gasteiger partial charge >= 0.3 is 6.18 Å². The molecule has 7 heteroatoms. The summed E-state index contributed by atoms with van der Waals surface area (Å²) in [5.41, 5.74) is 1.75. The number of anilines is 1. The van der Waals surface area contributed by atoms with E-state index in [0.717, 1.165) is 11.4 Å².